The van der Waals surface area contributed by atoms with Crippen molar-refractivity contribution in [2.75, 3.05) is 33.7 Å². The number of amides is 3. The Bertz CT molecular complexity index is 1120. The fraction of sp³-hybridized carbons (Fsp3) is 0.639. The number of carbonyl (C=O) groups excluding carboxylic acids is 3. The van der Waals surface area contributed by atoms with Gasteiger partial charge in [0.1, 0.15) is 12.1 Å². The van der Waals surface area contributed by atoms with Gasteiger partial charge in [-0.1, -0.05) is 69.4 Å². The summed E-state index contributed by atoms with van der Waals surface area (Å²) in [6, 6.07) is 7.64. The minimum atomic E-state index is -1.22. The first kappa shape index (κ1) is 37.8. The van der Waals surface area contributed by atoms with Crippen molar-refractivity contribution in [2.24, 2.45) is 11.8 Å². The average Bonchev–Trinajstić information content (AvgIpc) is 3.05. The number of aliphatic hydroxyl groups excluding tert-OH is 2. The number of hydrogen-bond acceptors (Lipinski definition) is 6. The molecule has 0 heterocycles. The van der Waals surface area contributed by atoms with Crippen LogP contribution in [0.2, 0.25) is 0 Å². The molecule has 45 heavy (non-hydrogen) atoms. The summed E-state index contributed by atoms with van der Waals surface area (Å²) in [5, 5.41) is 27.4. The van der Waals surface area contributed by atoms with Crippen LogP contribution in [0.15, 0.2) is 30.3 Å². The monoisotopic (exact) mass is 622 g/mol. The third-order valence-electron chi connectivity index (χ3n) is 8.88. The maximum atomic E-state index is 13.7. The second-order valence-electron chi connectivity index (χ2n) is 12.4. The van der Waals surface area contributed by atoms with E-state index in [1.54, 1.807) is 11.9 Å². The van der Waals surface area contributed by atoms with E-state index in [0.29, 0.717) is 38.3 Å². The smallest absolute Gasteiger partial charge is 0.243 e. The molecule has 2 rings (SSSR count). The van der Waals surface area contributed by atoms with Gasteiger partial charge in [0.15, 0.2) is 0 Å². The molecule has 9 nitrogen and oxygen atoms in total. The fourth-order valence-electron chi connectivity index (χ4n) is 5.76. The van der Waals surface area contributed by atoms with Crippen molar-refractivity contribution in [3.8, 4) is 24.7 Å². The number of aliphatic hydroxyl groups is 2. The minimum absolute atomic E-state index is 0.0259. The van der Waals surface area contributed by atoms with E-state index in [0.717, 1.165) is 44.2 Å². The number of hydrogen-bond donors (Lipinski definition) is 4. The van der Waals surface area contributed by atoms with Crippen LogP contribution in [0.3, 0.4) is 0 Å². The predicted octanol–water partition coefficient (Wildman–Crippen LogP) is 2.74. The van der Waals surface area contributed by atoms with Crippen LogP contribution < -0.4 is 10.6 Å². The molecule has 4 N–H and O–H groups in total. The Balaban J connectivity index is 2.20. The van der Waals surface area contributed by atoms with E-state index >= 15 is 0 Å². The summed E-state index contributed by atoms with van der Waals surface area (Å²) in [5.74, 6) is 3.39. The molecule has 0 aromatic heterocycles. The first-order valence-electron chi connectivity index (χ1n) is 16.4. The van der Waals surface area contributed by atoms with Crippen LogP contribution >= 0.6 is 0 Å². The van der Waals surface area contributed by atoms with Crippen molar-refractivity contribution in [3.05, 3.63) is 35.9 Å². The van der Waals surface area contributed by atoms with Gasteiger partial charge < -0.3 is 30.6 Å². The Morgan fingerprint density at radius 2 is 1.67 bits per heavy atom. The van der Waals surface area contributed by atoms with E-state index in [-0.39, 0.29) is 25.2 Å². The van der Waals surface area contributed by atoms with Crippen LogP contribution in [0.4, 0.5) is 0 Å². The maximum Gasteiger partial charge on any atom is 0.243 e. The van der Waals surface area contributed by atoms with Crippen molar-refractivity contribution in [3.63, 3.8) is 0 Å². The average molecular weight is 623 g/mol. The molecule has 0 aliphatic heterocycles. The molecular weight excluding hydrogens is 568 g/mol. The largest absolute Gasteiger partial charge is 0.390 e. The summed E-state index contributed by atoms with van der Waals surface area (Å²) < 4.78 is 0. The molecule has 0 unspecified atom stereocenters. The molecule has 5 atom stereocenters. The van der Waals surface area contributed by atoms with Crippen LogP contribution in [0.25, 0.3) is 0 Å². The number of terminal acetylenes is 2. The Morgan fingerprint density at radius 3 is 2.29 bits per heavy atom. The quantitative estimate of drug-likeness (QED) is 0.176. The predicted molar refractivity (Wildman–Crippen MR) is 178 cm³/mol. The van der Waals surface area contributed by atoms with Crippen LogP contribution in [0.1, 0.15) is 76.7 Å². The Morgan fingerprint density at radius 1 is 0.978 bits per heavy atom. The molecule has 1 aromatic carbocycles. The van der Waals surface area contributed by atoms with E-state index in [1.807, 2.05) is 44.3 Å². The Kier molecular flexibility index (Phi) is 17.3. The van der Waals surface area contributed by atoms with E-state index in [2.05, 4.69) is 27.4 Å². The standard InChI is InChI=1S/C36H54N4O5/c1-6-9-21-32(41)34(43)31(25-28-19-14-11-15-20-28)38-36(45)30(16-7-2)37-35(44)29(24-27-17-12-10-13-18-27)26-33(42)40(5)23-22-39(4)8-3/h1-2,10,12-13,17-18,28-32,34,41,43H,8-9,11,14-16,19-26H2,3-5H3,(H,37,44)(H,38,45)/t29-,30+,31+,32+,34-/m1/s1. The summed E-state index contributed by atoms with van der Waals surface area (Å²) in [6.07, 6.45) is 15.2. The zero-order valence-corrected chi connectivity index (χ0v) is 27.4. The number of carbonyl (C=O) groups is 3. The summed E-state index contributed by atoms with van der Waals surface area (Å²) in [7, 11) is 3.71. The molecule has 0 bridgehead atoms. The lowest BCUT2D eigenvalue weighted by Gasteiger charge is -2.33. The molecule has 0 spiro atoms. The Labute approximate surface area is 270 Å². The third-order valence-corrected chi connectivity index (χ3v) is 8.88. The molecule has 1 saturated carbocycles. The van der Waals surface area contributed by atoms with Crippen LogP contribution in [0.5, 0.6) is 0 Å². The summed E-state index contributed by atoms with van der Waals surface area (Å²) in [5.41, 5.74) is 0.897. The normalized spacial score (nSPS) is 16.8. The maximum absolute atomic E-state index is 13.7. The molecule has 3 amide bonds. The molecule has 1 aliphatic rings. The van der Waals surface area contributed by atoms with Crippen LogP contribution in [-0.2, 0) is 20.8 Å². The number of nitrogens with one attached hydrogen (secondary N) is 2. The van der Waals surface area contributed by atoms with Gasteiger partial charge in [0.25, 0.3) is 0 Å². The molecule has 0 saturated heterocycles. The Hall–Kier alpha value is -3.37. The molecule has 0 radical (unpaired) electrons. The van der Waals surface area contributed by atoms with E-state index in [1.165, 1.54) is 0 Å². The number of rotatable bonds is 19. The highest BCUT2D eigenvalue weighted by molar-refractivity contribution is 5.91. The van der Waals surface area contributed by atoms with Crippen LogP contribution in [-0.4, -0.2) is 95.8 Å². The lowest BCUT2D eigenvalue weighted by atomic mass is 9.82. The molecule has 9 heteroatoms. The van der Waals surface area contributed by atoms with Gasteiger partial charge >= 0.3 is 0 Å². The van der Waals surface area contributed by atoms with Crippen molar-refractivity contribution in [2.45, 2.75) is 102 Å². The van der Waals surface area contributed by atoms with E-state index in [4.69, 9.17) is 12.8 Å². The second kappa shape index (κ2) is 20.6. The highest BCUT2D eigenvalue weighted by atomic mass is 16.3. The van der Waals surface area contributed by atoms with E-state index in [9.17, 15) is 24.6 Å². The molecular formula is C36H54N4O5. The van der Waals surface area contributed by atoms with Crippen molar-refractivity contribution in [1.82, 2.24) is 20.4 Å². The highest BCUT2D eigenvalue weighted by Crippen LogP contribution is 2.29. The van der Waals surface area contributed by atoms with Gasteiger partial charge in [-0.05, 0) is 44.3 Å². The zero-order valence-electron chi connectivity index (χ0n) is 27.4. The molecule has 248 valence electrons. The topological polar surface area (TPSA) is 122 Å². The molecule has 1 fully saturated rings. The first-order chi connectivity index (χ1) is 21.6. The highest BCUT2D eigenvalue weighted by Gasteiger charge is 2.34. The fourth-order valence-corrected chi connectivity index (χ4v) is 5.76. The van der Waals surface area contributed by atoms with Gasteiger partial charge in [0.05, 0.1) is 18.1 Å². The summed E-state index contributed by atoms with van der Waals surface area (Å²) in [6.45, 7) is 4.15. The van der Waals surface area contributed by atoms with Gasteiger partial charge in [-0.2, -0.15) is 0 Å². The van der Waals surface area contributed by atoms with Crippen molar-refractivity contribution >= 4 is 17.7 Å². The van der Waals surface area contributed by atoms with Gasteiger partial charge in [-0.25, -0.2) is 0 Å². The number of benzene rings is 1. The van der Waals surface area contributed by atoms with Gasteiger partial charge in [0, 0.05) is 39.4 Å². The van der Waals surface area contributed by atoms with Crippen LogP contribution in [0, 0.1) is 36.5 Å². The van der Waals surface area contributed by atoms with E-state index < -0.39 is 42.0 Å². The minimum Gasteiger partial charge on any atom is -0.390 e. The lowest BCUT2D eigenvalue weighted by molar-refractivity contribution is -0.137. The zero-order chi connectivity index (χ0) is 33.2. The second-order valence-corrected chi connectivity index (χ2v) is 12.4. The SMILES string of the molecule is C#CCC[C@H](O)[C@H](O)[C@H](CC1CCCCC1)NC(=O)[C@H](CC#C)NC(=O)[C@@H](CC(=O)N(C)CCN(C)CC)Cc1ccccc1. The lowest BCUT2D eigenvalue weighted by Crippen LogP contribution is -2.55. The number of nitrogens with zero attached hydrogens (tertiary/aromatic N) is 2. The van der Waals surface area contributed by atoms with Gasteiger partial charge in [-0.3, -0.25) is 14.4 Å². The first-order valence-corrected chi connectivity index (χ1v) is 16.4. The van der Waals surface area contributed by atoms with Crippen molar-refractivity contribution in [1.29, 1.82) is 0 Å². The molecule has 1 aromatic rings. The van der Waals surface area contributed by atoms with Crippen molar-refractivity contribution < 1.29 is 24.6 Å². The van der Waals surface area contributed by atoms with Gasteiger partial charge in [-0.15, -0.1) is 24.7 Å². The third kappa shape index (κ3) is 13.7. The summed E-state index contributed by atoms with van der Waals surface area (Å²) >= 11 is 0. The number of likely N-dealkylation sites (N-methyl/N-ethyl adjacent to an activating group) is 2. The molecule has 1 aliphatic carbocycles. The summed E-state index contributed by atoms with van der Waals surface area (Å²) in [4.78, 5) is 44.3. The van der Waals surface area contributed by atoms with Gasteiger partial charge in [0.2, 0.25) is 17.7 Å².